The average molecular weight is 400 g/mol. The van der Waals surface area contributed by atoms with Gasteiger partial charge in [-0.05, 0) is 42.8 Å². The Balaban J connectivity index is 1.50. The van der Waals surface area contributed by atoms with E-state index in [1.54, 1.807) is 6.20 Å². The van der Waals surface area contributed by atoms with Gasteiger partial charge in [0.05, 0.1) is 18.8 Å². The molecule has 30 heavy (non-hydrogen) atoms. The van der Waals surface area contributed by atoms with Gasteiger partial charge in [-0.15, -0.1) is 0 Å². The highest BCUT2D eigenvalue weighted by molar-refractivity contribution is 5.94. The molecule has 4 N–H and O–H groups in total. The zero-order chi connectivity index (χ0) is 20.7. The van der Waals surface area contributed by atoms with Crippen molar-refractivity contribution in [3.8, 4) is 11.3 Å². The minimum Gasteiger partial charge on any atom is -0.394 e. The molecule has 0 radical (unpaired) electrons. The molecule has 0 bridgehead atoms. The van der Waals surface area contributed by atoms with Crippen molar-refractivity contribution >= 4 is 28.2 Å². The van der Waals surface area contributed by atoms with E-state index in [2.05, 4.69) is 45.5 Å². The summed E-state index contributed by atoms with van der Waals surface area (Å²) in [6.45, 7) is 2.64. The zero-order valence-corrected chi connectivity index (χ0v) is 16.8. The van der Waals surface area contributed by atoms with Gasteiger partial charge in [0.1, 0.15) is 11.6 Å². The van der Waals surface area contributed by atoms with Crippen molar-refractivity contribution < 1.29 is 5.11 Å². The maximum Gasteiger partial charge on any atom is 0.153 e. The van der Waals surface area contributed by atoms with E-state index in [4.69, 9.17) is 5.73 Å². The number of aliphatic hydroxyl groups is 1. The van der Waals surface area contributed by atoms with Crippen LogP contribution in [0.4, 0.5) is 17.5 Å². The van der Waals surface area contributed by atoms with Crippen molar-refractivity contribution in [3.63, 3.8) is 0 Å². The second kappa shape index (κ2) is 7.42. The maximum absolute atomic E-state index is 9.32. The molecular weight excluding hydrogens is 376 g/mol. The fourth-order valence-electron chi connectivity index (χ4n) is 3.85. The van der Waals surface area contributed by atoms with Crippen LogP contribution in [0.15, 0.2) is 48.7 Å². The van der Waals surface area contributed by atoms with Crippen LogP contribution in [0.2, 0.25) is 0 Å². The number of benzene rings is 1. The van der Waals surface area contributed by atoms with Gasteiger partial charge in [-0.25, -0.2) is 9.97 Å². The van der Waals surface area contributed by atoms with Crippen LogP contribution in [-0.4, -0.2) is 31.5 Å². The SMILES string of the molecule is Cc1ccccc1-c1cc2cc(Nc3cc(C4CC4)n(CCO)n3)ncc2c(N)n1. The molecule has 7 heteroatoms. The normalized spacial score (nSPS) is 13.7. The first kappa shape index (κ1) is 18.6. The predicted octanol–water partition coefficient (Wildman–Crippen LogP) is 4.00. The van der Waals surface area contributed by atoms with Crippen LogP contribution in [-0.2, 0) is 6.54 Å². The smallest absolute Gasteiger partial charge is 0.153 e. The van der Waals surface area contributed by atoms with Gasteiger partial charge in [0, 0.05) is 34.8 Å². The van der Waals surface area contributed by atoms with Crippen LogP contribution in [0.25, 0.3) is 22.0 Å². The number of hydrogen-bond acceptors (Lipinski definition) is 6. The van der Waals surface area contributed by atoms with E-state index in [1.165, 1.54) is 18.5 Å². The molecule has 1 fully saturated rings. The van der Waals surface area contributed by atoms with Crippen molar-refractivity contribution in [2.75, 3.05) is 17.7 Å². The van der Waals surface area contributed by atoms with E-state index in [0.717, 1.165) is 33.4 Å². The standard InChI is InChI=1S/C23H24N6O/c1-14-4-2-3-5-17(14)19-10-16-11-21(25-13-18(16)23(24)26-19)27-22-12-20(15-6-7-15)29(28-22)8-9-30/h2-5,10-13,15,30H,6-9H2,1H3,(H2,24,26)(H,25,27,28). The molecule has 3 aromatic heterocycles. The Morgan fingerprint density at radius 3 is 2.77 bits per heavy atom. The summed E-state index contributed by atoms with van der Waals surface area (Å²) < 4.78 is 1.89. The summed E-state index contributed by atoms with van der Waals surface area (Å²) in [6.07, 6.45) is 4.10. The van der Waals surface area contributed by atoms with Gasteiger partial charge in [-0.2, -0.15) is 5.10 Å². The number of nitrogens with two attached hydrogens (primary N) is 1. The van der Waals surface area contributed by atoms with Crippen LogP contribution in [0.1, 0.15) is 30.0 Å². The minimum atomic E-state index is 0.0724. The molecule has 0 saturated heterocycles. The molecule has 3 heterocycles. The van der Waals surface area contributed by atoms with E-state index in [9.17, 15) is 5.11 Å². The quantitative estimate of drug-likeness (QED) is 0.452. The third-order valence-electron chi connectivity index (χ3n) is 5.54. The zero-order valence-electron chi connectivity index (χ0n) is 16.8. The van der Waals surface area contributed by atoms with Crippen LogP contribution in [0, 0.1) is 6.92 Å². The number of nitrogens with zero attached hydrogens (tertiary/aromatic N) is 4. The summed E-state index contributed by atoms with van der Waals surface area (Å²) in [7, 11) is 0. The third kappa shape index (κ3) is 3.48. The maximum atomic E-state index is 9.32. The van der Waals surface area contributed by atoms with Crippen molar-refractivity contribution in [2.45, 2.75) is 32.2 Å². The second-order valence-corrected chi connectivity index (χ2v) is 7.80. The number of hydrogen-bond donors (Lipinski definition) is 3. The molecule has 152 valence electrons. The minimum absolute atomic E-state index is 0.0724. The molecule has 4 aromatic rings. The summed E-state index contributed by atoms with van der Waals surface area (Å²) in [5.74, 6) is 2.44. The highest BCUT2D eigenvalue weighted by Gasteiger charge is 2.28. The van der Waals surface area contributed by atoms with Crippen LogP contribution in [0.5, 0.6) is 0 Å². The lowest BCUT2D eigenvalue weighted by molar-refractivity contribution is 0.267. The fraction of sp³-hybridized carbons (Fsp3) is 0.261. The number of aromatic nitrogens is 4. The third-order valence-corrected chi connectivity index (χ3v) is 5.54. The van der Waals surface area contributed by atoms with E-state index in [0.29, 0.717) is 24.1 Å². The molecule has 1 aromatic carbocycles. The molecule has 0 aliphatic heterocycles. The predicted molar refractivity (Wildman–Crippen MR) is 119 cm³/mol. The van der Waals surface area contributed by atoms with Crippen LogP contribution < -0.4 is 11.1 Å². The van der Waals surface area contributed by atoms with Crippen molar-refractivity contribution in [1.29, 1.82) is 0 Å². The lowest BCUT2D eigenvalue weighted by Crippen LogP contribution is -2.07. The molecule has 0 atom stereocenters. The Labute approximate surface area is 174 Å². The summed E-state index contributed by atoms with van der Waals surface area (Å²) in [5, 5.41) is 19.0. The van der Waals surface area contributed by atoms with Gasteiger partial charge in [-0.1, -0.05) is 24.3 Å². The molecule has 0 unspecified atom stereocenters. The van der Waals surface area contributed by atoms with E-state index >= 15 is 0 Å². The number of pyridine rings is 2. The Kier molecular flexibility index (Phi) is 4.59. The summed E-state index contributed by atoms with van der Waals surface area (Å²) >= 11 is 0. The summed E-state index contributed by atoms with van der Waals surface area (Å²) in [4.78, 5) is 9.08. The molecule has 7 nitrogen and oxygen atoms in total. The Bertz CT molecular complexity index is 1230. The molecular formula is C23H24N6O. The van der Waals surface area contributed by atoms with Gasteiger partial charge in [0.2, 0.25) is 0 Å². The topological polar surface area (TPSA) is 102 Å². The Hall–Kier alpha value is -3.45. The molecule has 1 saturated carbocycles. The van der Waals surface area contributed by atoms with Crippen LogP contribution in [0.3, 0.4) is 0 Å². The molecule has 1 aliphatic carbocycles. The molecule has 0 spiro atoms. The van der Waals surface area contributed by atoms with Crippen LogP contribution >= 0.6 is 0 Å². The fourth-order valence-corrected chi connectivity index (χ4v) is 3.85. The lowest BCUT2D eigenvalue weighted by atomic mass is 10.0. The monoisotopic (exact) mass is 400 g/mol. The number of anilines is 3. The molecule has 5 rings (SSSR count). The number of fused-ring (bicyclic) bond motifs is 1. The summed E-state index contributed by atoms with van der Waals surface area (Å²) in [5.41, 5.74) is 10.5. The Morgan fingerprint density at radius 1 is 1.17 bits per heavy atom. The number of aryl methyl sites for hydroxylation is 1. The van der Waals surface area contributed by atoms with E-state index < -0.39 is 0 Å². The Morgan fingerprint density at radius 2 is 2.00 bits per heavy atom. The average Bonchev–Trinajstić information content (AvgIpc) is 3.50. The van der Waals surface area contributed by atoms with Gasteiger partial charge < -0.3 is 16.2 Å². The first-order valence-corrected chi connectivity index (χ1v) is 10.2. The highest BCUT2D eigenvalue weighted by Crippen LogP contribution is 2.41. The van der Waals surface area contributed by atoms with Crippen molar-refractivity contribution in [2.24, 2.45) is 0 Å². The highest BCUT2D eigenvalue weighted by atomic mass is 16.3. The number of aliphatic hydroxyl groups excluding tert-OH is 1. The molecule has 0 amide bonds. The van der Waals surface area contributed by atoms with E-state index in [1.807, 2.05) is 28.9 Å². The van der Waals surface area contributed by atoms with Crippen molar-refractivity contribution in [3.05, 3.63) is 59.9 Å². The number of nitrogen functional groups attached to an aromatic ring is 1. The number of rotatable bonds is 6. The van der Waals surface area contributed by atoms with Gasteiger partial charge in [0.25, 0.3) is 0 Å². The van der Waals surface area contributed by atoms with Gasteiger partial charge in [0.15, 0.2) is 5.82 Å². The van der Waals surface area contributed by atoms with Crippen molar-refractivity contribution in [1.82, 2.24) is 19.7 Å². The molecule has 1 aliphatic rings. The van der Waals surface area contributed by atoms with Gasteiger partial charge >= 0.3 is 0 Å². The first-order chi connectivity index (χ1) is 14.6. The lowest BCUT2D eigenvalue weighted by Gasteiger charge is -2.10. The van der Waals surface area contributed by atoms with E-state index in [-0.39, 0.29) is 6.61 Å². The first-order valence-electron chi connectivity index (χ1n) is 10.2. The number of nitrogens with one attached hydrogen (secondary N) is 1. The summed E-state index contributed by atoms with van der Waals surface area (Å²) in [6, 6.07) is 14.2. The van der Waals surface area contributed by atoms with Gasteiger partial charge in [-0.3, -0.25) is 4.68 Å². The largest absolute Gasteiger partial charge is 0.394 e. The second-order valence-electron chi connectivity index (χ2n) is 7.80.